The van der Waals surface area contributed by atoms with E-state index in [0.717, 1.165) is 24.3 Å². The fraction of sp³-hybridized carbons (Fsp3) is 0.250. The van der Waals surface area contributed by atoms with Gasteiger partial charge in [-0.3, -0.25) is 4.98 Å². The molecule has 1 N–H and O–H groups in total. The van der Waals surface area contributed by atoms with Crippen molar-refractivity contribution in [1.82, 2.24) is 14.3 Å². The van der Waals surface area contributed by atoms with Crippen LogP contribution in [0.25, 0.3) is 11.0 Å². The summed E-state index contributed by atoms with van der Waals surface area (Å²) in [6, 6.07) is 8.45. The first kappa shape index (κ1) is 22.7. The van der Waals surface area contributed by atoms with Crippen molar-refractivity contribution in [2.75, 3.05) is 31.1 Å². The lowest BCUT2D eigenvalue weighted by Gasteiger charge is -2.34. The van der Waals surface area contributed by atoms with Crippen LogP contribution in [0.2, 0.25) is 0 Å². The summed E-state index contributed by atoms with van der Waals surface area (Å²) in [4.78, 5) is 21.6. The molecule has 4 rings (SSSR count). The molecule has 0 amide bonds. The number of halogens is 3. The van der Waals surface area contributed by atoms with Gasteiger partial charge in [0.05, 0.1) is 27.7 Å². The number of fused-ring (bicyclic) bond motifs is 1. The number of carboxylic acids is 1. The Bertz CT molecular complexity index is 1290. The number of alkyl halides is 3. The van der Waals surface area contributed by atoms with Crippen LogP contribution < -0.4 is 9.64 Å². The summed E-state index contributed by atoms with van der Waals surface area (Å²) in [7, 11) is -3.91. The van der Waals surface area contributed by atoms with Crippen molar-refractivity contribution in [3.63, 3.8) is 0 Å². The molecule has 9 nitrogen and oxygen atoms in total. The highest BCUT2D eigenvalue weighted by atomic mass is 32.2. The summed E-state index contributed by atoms with van der Waals surface area (Å²) in [5.74, 6) is -1.11. The van der Waals surface area contributed by atoms with Gasteiger partial charge in [0, 0.05) is 26.2 Å². The Hall–Kier alpha value is -3.45. The summed E-state index contributed by atoms with van der Waals surface area (Å²) in [5.41, 5.74) is 1.02. The van der Waals surface area contributed by atoms with E-state index in [2.05, 4.69) is 14.7 Å². The van der Waals surface area contributed by atoms with Crippen LogP contribution in [-0.4, -0.2) is 66.3 Å². The minimum absolute atomic E-state index is 0.0801. The van der Waals surface area contributed by atoms with Gasteiger partial charge in [-0.1, -0.05) is 0 Å². The fourth-order valence-electron chi connectivity index (χ4n) is 3.41. The van der Waals surface area contributed by atoms with E-state index in [9.17, 15) is 26.4 Å². The molecule has 0 atom stereocenters. The van der Waals surface area contributed by atoms with Gasteiger partial charge < -0.3 is 14.7 Å². The third-order valence-electron chi connectivity index (χ3n) is 5.03. The van der Waals surface area contributed by atoms with Crippen LogP contribution in [0.15, 0.2) is 53.6 Å². The molecule has 33 heavy (non-hydrogen) atoms. The van der Waals surface area contributed by atoms with Crippen molar-refractivity contribution in [1.29, 1.82) is 0 Å². The number of carbonyl (C=O) groups is 1. The van der Waals surface area contributed by atoms with Crippen LogP contribution >= 0.6 is 0 Å². The van der Waals surface area contributed by atoms with Crippen LogP contribution in [0, 0.1) is 0 Å². The SMILES string of the molecule is O=C(O)c1ccc2ncc(N3CCN(S(=O)(=O)c4ccc(OC(F)(F)F)cc4)CC3)nc2c1. The molecular weight excluding hydrogens is 465 g/mol. The van der Waals surface area contributed by atoms with Gasteiger partial charge in [-0.25, -0.2) is 18.2 Å². The number of hydrogen-bond donors (Lipinski definition) is 1. The Morgan fingerprint density at radius 3 is 2.27 bits per heavy atom. The van der Waals surface area contributed by atoms with E-state index in [-0.39, 0.29) is 23.5 Å². The first-order chi connectivity index (χ1) is 15.5. The largest absolute Gasteiger partial charge is 0.573 e. The van der Waals surface area contributed by atoms with E-state index in [1.807, 2.05) is 4.90 Å². The molecule has 1 aliphatic heterocycles. The van der Waals surface area contributed by atoms with Crippen molar-refractivity contribution in [3.8, 4) is 5.75 Å². The second-order valence-corrected chi connectivity index (χ2v) is 9.09. The molecule has 3 aromatic rings. The van der Waals surface area contributed by atoms with Crippen LogP contribution in [-0.2, 0) is 10.0 Å². The molecule has 13 heteroatoms. The van der Waals surface area contributed by atoms with Crippen LogP contribution in [0.3, 0.4) is 0 Å². The van der Waals surface area contributed by atoms with E-state index < -0.39 is 28.1 Å². The van der Waals surface area contributed by atoms with Gasteiger partial charge in [0.25, 0.3) is 0 Å². The average molecular weight is 482 g/mol. The molecule has 0 spiro atoms. The van der Waals surface area contributed by atoms with Gasteiger partial charge in [0.2, 0.25) is 10.0 Å². The number of anilines is 1. The summed E-state index contributed by atoms with van der Waals surface area (Å²) >= 11 is 0. The number of carboxylic acid groups (broad SMARTS) is 1. The van der Waals surface area contributed by atoms with Gasteiger partial charge in [-0.05, 0) is 42.5 Å². The quantitative estimate of drug-likeness (QED) is 0.591. The van der Waals surface area contributed by atoms with Gasteiger partial charge >= 0.3 is 12.3 Å². The molecule has 1 fully saturated rings. The van der Waals surface area contributed by atoms with Gasteiger partial charge in [0.1, 0.15) is 11.6 Å². The monoisotopic (exact) mass is 482 g/mol. The number of sulfonamides is 1. The molecular formula is C20H17F3N4O5S. The summed E-state index contributed by atoms with van der Waals surface area (Å²) < 4.78 is 67.6. The Labute approximate surface area is 186 Å². The molecule has 2 heterocycles. The second kappa shape index (κ2) is 8.48. The minimum atomic E-state index is -4.86. The van der Waals surface area contributed by atoms with Gasteiger partial charge in [-0.2, -0.15) is 4.31 Å². The number of ether oxygens (including phenoxy) is 1. The third-order valence-corrected chi connectivity index (χ3v) is 6.95. The Balaban J connectivity index is 1.46. The molecule has 1 aliphatic rings. The molecule has 2 aromatic carbocycles. The van der Waals surface area contributed by atoms with E-state index in [4.69, 9.17) is 5.11 Å². The van der Waals surface area contributed by atoms with Crippen molar-refractivity contribution in [3.05, 3.63) is 54.2 Å². The molecule has 0 unspecified atom stereocenters. The number of rotatable bonds is 5. The predicted octanol–water partition coefficient (Wildman–Crippen LogP) is 2.74. The van der Waals surface area contributed by atoms with Crippen LogP contribution in [0.5, 0.6) is 5.75 Å². The Kier molecular flexibility index (Phi) is 5.84. The number of benzene rings is 2. The molecule has 1 saturated heterocycles. The van der Waals surface area contributed by atoms with Crippen molar-refractivity contribution >= 4 is 32.8 Å². The molecule has 1 aromatic heterocycles. The zero-order valence-electron chi connectivity index (χ0n) is 16.9. The number of aromatic carboxylic acids is 1. The maximum Gasteiger partial charge on any atom is 0.573 e. The van der Waals surface area contributed by atoms with Gasteiger partial charge in [-0.15, -0.1) is 13.2 Å². The number of hydrogen-bond acceptors (Lipinski definition) is 7. The average Bonchev–Trinajstić information content (AvgIpc) is 2.77. The van der Waals surface area contributed by atoms with Gasteiger partial charge in [0.15, 0.2) is 0 Å². The van der Waals surface area contributed by atoms with E-state index in [1.54, 1.807) is 6.07 Å². The number of aromatic nitrogens is 2. The van der Waals surface area contributed by atoms with E-state index >= 15 is 0 Å². The standard InChI is InChI=1S/C20H17F3N4O5S/c21-20(22,23)32-14-2-4-15(5-3-14)33(30,31)27-9-7-26(8-10-27)18-12-24-16-6-1-13(19(28)29)11-17(16)25-18/h1-6,11-12H,7-10H2,(H,28,29). The first-order valence-electron chi connectivity index (χ1n) is 9.64. The number of piperazine rings is 1. The summed E-state index contributed by atoms with van der Waals surface area (Å²) in [5, 5.41) is 9.15. The lowest BCUT2D eigenvalue weighted by atomic mass is 10.2. The smallest absolute Gasteiger partial charge is 0.478 e. The molecule has 0 radical (unpaired) electrons. The van der Waals surface area contributed by atoms with E-state index in [0.29, 0.717) is 29.9 Å². The molecule has 0 bridgehead atoms. The highest BCUT2D eigenvalue weighted by Crippen LogP contribution is 2.26. The zero-order chi connectivity index (χ0) is 23.8. The van der Waals surface area contributed by atoms with Crippen LogP contribution in [0.4, 0.5) is 19.0 Å². The lowest BCUT2D eigenvalue weighted by molar-refractivity contribution is -0.274. The van der Waals surface area contributed by atoms with E-state index in [1.165, 1.54) is 22.6 Å². The fourth-order valence-corrected chi connectivity index (χ4v) is 4.83. The topological polar surface area (TPSA) is 113 Å². The predicted molar refractivity (Wildman–Crippen MR) is 111 cm³/mol. The Morgan fingerprint density at radius 1 is 1.00 bits per heavy atom. The maximum atomic E-state index is 12.9. The summed E-state index contributed by atoms with van der Waals surface area (Å²) in [6.45, 7) is 0.844. The van der Waals surface area contributed by atoms with Crippen molar-refractivity contribution in [2.45, 2.75) is 11.3 Å². The summed E-state index contributed by atoms with van der Waals surface area (Å²) in [6.07, 6.45) is -3.33. The second-order valence-electron chi connectivity index (χ2n) is 7.15. The maximum absolute atomic E-state index is 12.9. The van der Waals surface area contributed by atoms with Crippen molar-refractivity contribution < 1.29 is 36.2 Å². The molecule has 0 saturated carbocycles. The minimum Gasteiger partial charge on any atom is -0.478 e. The first-order valence-corrected chi connectivity index (χ1v) is 11.1. The highest BCUT2D eigenvalue weighted by molar-refractivity contribution is 7.89. The van der Waals surface area contributed by atoms with Crippen molar-refractivity contribution in [2.24, 2.45) is 0 Å². The molecule has 0 aliphatic carbocycles. The zero-order valence-corrected chi connectivity index (χ0v) is 17.7. The normalized spacial score (nSPS) is 15.5. The molecule has 174 valence electrons. The third kappa shape index (κ3) is 4.98. The van der Waals surface area contributed by atoms with Crippen LogP contribution in [0.1, 0.15) is 10.4 Å². The highest BCUT2D eigenvalue weighted by Gasteiger charge is 2.32. The number of nitrogens with zero attached hydrogens (tertiary/aromatic N) is 4. The Morgan fingerprint density at radius 2 is 1.67 bits per heavy atom. The lowest BCUT2D eigenvalue weighted by Crippen LogP contribution is -2.48.